The Morgan fingerprint density at radius 3 is 2.83 bits per heavy atom. The number of hydrazone groups is 1. The molecule has 184 valence electrons. The van der Waals surface area contributed by atoms with Crippen LogP contribution in [-0.2, 0) is 17.6 Å². The van der Waals surface area contributed by atoms with Crippen LogP contribution in [0, 0.1) is 6.92 Å². The summed E-state index contributed by atoms with van der Waals surface area (Å²) in [5.41, 5.74) is 6.30. The third-order valence-electron chi connectivity index (χ3n) is 6.08. The van der Waals surface area contributed by atoms with Crippen LogP contribution in [0.4, 0.5) is 0 Å². The molecule has 1 N–H and O–H groups in total. The normalized spacial score (nSPS) is 13.2. The van der Waals surface area contributed by atoms with Gasteiger partial charge in [0.2, 0.25) is 0 Å². The largest absolute Gasteiger partial charge is 0.497 e. The maximum absolute atomic E-state index is 13.8. The predicted octanol–water partition coefficient (Wildman–Crippen LogP) is 4.89. The zero-order valence-corrected chi connectivity index (χ0v) is 21.7. The maximum Gasteiger partial charge on any atom is 0.267 e. The van der Waals surface area contributed by atoms with Crippen LogP contribution in [0.3, 0.4) is 0 Å². The lowest BCUT2D eigenvalue weighted by atomic mass is 9.97. The summed E-state index contributed by atoms with van der Waals surface area (Å²) >= 11 is 2.85. The van der Waals surface area contributed by atoms with Crippen molar-refractivity contribution in [2.24, 2.45) is 5.10 Å². The number of carbonyl (C=O) groups excluding carboxylic acids is 1. The number of aromatic nitrogens is 2. The molecular weight excluding hydrogens is 492 g/mol. The van der Waals surface area contributed by atoms with Crippen LogP contribution in [0.25, 0.3) is 15.9 Å². The molecular formula is C27H26N4O3S2. The number of methoxy groups -OCH3 is 1. The molecule has 0 atom stereocenters. The molecule has 1 aliphatic rings. The van der Waals surface area contributed by atoms with E-state index in [0.29, 0.717) is 10.9 Å². The summed E-state index contributed by atoms with van der Waals surface area (Å²) in [5, 5.41) is 5.28. The van der Waals surface area contributed by atoms with Crippen LogP contribution in [0.5, 0.6) is 5.75 Å². The smallest absolute Gasteiger partial charge is 0.267 e. The van der Waals surface area contributed by atoms with Crippen molar-refractivity contribution >= 4 is 45.4 Å². The van der Waals surface area contributed by atoms with Crippen molar-refractivity contribution in [3.05, 3.63) is 80.5 Å². The Kier molecular flexibility index (Phi) is 7.20. The summed E-state index contributed by atoms with van der Waals surface area (Å²) < 4.78 is 6.84. The van der Waals surface area contributed by atoms with E-state index in [1.165, 1.54) is 16.6 Å². The number of thiophene rings is 1. The Balaban J connectivity index is 1.41. The number of rotatable bonds is 7. The molecule has 0 unspecified atom stereocenters. The average Bonchev–Trinajstić information content (AvgIpc) is 3.27. The van der Waals surface area contributed by atoms with Crippen molar-refractivity contribution in [3.63, 3.8) is 0 Å². The molecule has 0 spiro atoms. The van der Waals surface area contributed by atoms with Crippen molar-refractivity contribution in [2.45, 2.75) is 37.8 Å². The van der Waals surface area contributed by atoms with Gasteiger partial charge in [-0.05, 0) is 68.0 Å². The fourth-order valence-electron chi connectivity index (χ4n) is 4.27. The van der Waals surface area contributed by atoms with Crippen molar-refractivity contribution in [2.75, 3.05) is 12.9 Å². The van der Waals surface area contributed by atoms with E-state index < -0.39 is 0 Å². The molecule has 36 heavy (non-hydrogen) atoms. The van der Waals surface area contributed by atoms with Gasteiger partial charge in [0.1, 0.15) is 10.6 Å². The molecule has 9 heteroatoms. The van der Waals surface area contributed by atoms with E-state index in [-0.39, 0.29) is 17.2 Å². The lowest BCUT2D eigenvalue weighted by Crippen LogP contribution is -2.24. The minimum absolute atomic E-state index is 0.0674. The van der Waals surface area contributed by atoms with Crippen molar-refractivity contribution in [1.29, 1.82) is 0 Å². The second kappa shape index (κ2) is 10.7. The monoisotopic (exact) mass is 518 g/mol. The minimum Gasteiger partial charge on any atom is -0.497 e. The Bertz CT molecular complexity index is 1510. The Morgan fingerprint density at radius 2 is 2.03 bits per heavy atom. The number of hydrogen-bond donors (Lipinski definition) is 1. The van der Waals surface area contributed by atoms with Crippen LogP contribution in [-0.4, -0.2) is 34.5 Å². The van der Waals surface area contributed by atoms with Gasteiger partial charge in [-0.25, -0.2) is 10.4 Å². The van der Waals surface area contributed by atoms with Gasteiger partial charge in [-0.1, -0.05) is 41.6 Å². The van der Waals surface area contributed by atoms with E-state index in [1.807, 2.05) is 55.5 Å². The van der Waals surface area contributed by atoms with E-state index in [1.54, 1.807) is 29.2 Å². The number of thioether (sulfide) groups is 1. The topological polar surface area (TPSA) is 85.6 Å². The van der Waals surface area contributed by atoms with Gasteiger partial charge < -0.3 is 4.74 Å². The number of amides is 1. The van der Waals surface area contributed by atoms with Crippen molar-refractivity contribution in [3.8, 4) is 11.4 Å². The lowest BCUT2D eigenvalue weighted by Gasteiger charge is -2.13. The molecule has 2 aromatic heterocycles. The fourth-order valence-corrected chi connectivity index (χ4v) is 6.38. The quantitative estimate of drug-likeness (QED) is 0.163. The molecule has 5 rings (SSSR count). The van der Waals surface area contributed by atoms with Gasteiger partial charge in [0.05, 0.1) is 30.2 Å². The van der Waals surface area contributed by atoms with Crippen LogP contribution < -0.4 is 15.7 Å². The van der Waals surface area contributed by atoms with Gasteiger partial charge in [0.25, 0.3) is 11.5 Å². The number of benzene rings is 2. The zero-order chi connectivity index (χ0) is 25.1. The SMILES string of the molecule is COc1cccc(/C=N\NC(=O)CSc2nc3sc4c(c3c(=O)n2-c2ccc(C)cc2)CCCC4)c1. The van der Waals surface area contributed by atoms with E-state index in [9.17, 15) is 9.59 Å². The zero-order valence-electron chi connectivity index (χ0n) is 20.1. The van der Waals surface area contributed by atoms with Gasteiger partial charge in [-0.15, -0.1) is 11.3 Å². The first-order valence-electron chi connectivity index (χ1n) is 11.8. The van der Waals surface area contributed by atoms with Crippen molar-refractivity contribution in [1.82, 2.24) is 15.0 Å². The molecule has 2 aromatic carbocycles. The highest BCUT2D eigenvalue weighted by Gasteiger charge is 2.23. The Morgan fingerprint density at radius 1 is 1.22 bits per heavy atom. The first kappa shape index (κ1) is 24.3. The van der Waals surface area contributed by atoms with Gasteiger partial charge in [-0.3, -0.25) is 14.2 Å². The molecule has 0 saturated heterocycles. The average molecular weight is 519 g/mol. The van der Waals surface area contributed by atoms with Crippen LogP contribution in [0.1, 0.15) is 34.4 Å². The molecule has 4 aromatic rings. The van der Waals surface area contributed by atoms with E-state index >= 15 is 0 Å². The summed E-state index contributed by atoms with van der Waals surface area (Å²) in [6, 6.07) is 15.2. The highest BCUT2D eigenvalue weighted by molar-refractivity contribution is 7.99. The summed E-state index contributed by atoms with van der Waals surface area (Å²) in [7, 11) is 1.60. The van der Waals surface area contributed by atoms with Crippen LogP contribution >= 0.6 is 23.1 Å². The minimum atomic E-state index is -0.283. The number of ether oxygens (including phenoxy) is 1. The summed E-state index contributed by atoms with van der Waals surface area (Å²) in [6.45, 7) is 2.01. The number of fused-ring (bicyclic) bond motifs is 3. The van der Waals surface area contributed by atoms with E-state index in [2.05, 4.69) is 10.5 Å². The number of hydrogen-bond acceptors (Lipinski definition) is 7. The number of aryl methyl sites for hydroxylation is 3. The van der Waals surface area contributed by atoms with Crippen LogP contribution in [0.2, 0.25) is 0 Å². The maximum atomic E-state index is 13.8. The van der Waals surface area contributed by atoms with Gasteiger partial charge in [-0.2, -0.15) is 5.10 Å². The van der Waals surface area contributed by atoms with Crippen molar-refractivity contribution < 1.29 is 9.53 Å². The summed E-state index contributed by atoms with van der Waals surface area (Å²) in [6.07, 6.45) is 5.71. The molecule has 0 radical (unpaired) electrons. The predicted molar refractivity (Wildman–Crippen MR) is 146 cm³/mol. The van der Waals surface area contributed by atoms with Gasteiger partial charge in [0, 0.05) is 4.88 Å². The number of nitrogens with one attached hydrogen (secondary N) is 1. The molecule has 7 nitrogen and oxygen atoms in total. The molecule has 0 fully saturated rings. The Labute approximate surface area is 217 Å². The van der Waals surface area contributed by atoms with Gasteiger partial charge in [0.15, 0.2) is 5.16 Å². The first-order chi connectivity index (χ1) is 17.5. The lowest BCUT2D eigenvalue weighted by molar-refractivity contribution is -0.118. The first-order valence-corrected chi connectivity index (χ1v) is 13.6. The molecule has 0 aliphatic heterocycles. The molecule has 1 amide bonds. The molecule has 0 bridgehead atoms. The highest BCUT2D eigenvalue weighted by atomic mass is 32.2. The van der Waals surface area contributed by atoms with E-state index in [0.717, 1.165) is 58.3 Å². The van der Waals surface area contributed by atoms with Gasteiger partial charge >= 0.3 is 0 Å². The van der Waals surface area contributed by atoms with E-state index in [4.69, 9.17) is 9.72 Å². The second-order valence-corrected chi connectivity index (χ2v) is 10.6. The third kappa shape index (κ3) is 5.08. The molecule has 1 aliphatic carbocycles. The standard InChI is InChI=1S/C27H26N4O3S2/c1-17-10-12-19(13-11-17)31-26(33)24-21-8-3-4-9-22(21)36-25(24)29-27(31)35-16-23(32)30-28-15-18-6-5-7-20(14-18)34-2/h5-7,10-15H,3-4,8-9,16H2,1-2H3,(H,30,32)/b28-15-. The second-order valence-electron chi connectivity index (χ2n) is 8.62. The molecule has 2 heterocycles. The molecule has 0 saturated carbocycles. The number of nitrogens with zero attached hydrogens (tertiary/aromatic N) is 3. The highest BCUT2D eigenvalue weighted by Crippen LogP contribution is 2.35. The Hall–Kier alpha value is -3.43. The summed E-state index contributed by atoms with van der Waals surface area (Å²) in [5.74, 6) is 0.505. The van der Waals surface area contributed by atoms with Crippen LogP contribution in [0.15, 0.2) is 63.6 Å². The fraction of sp³-hybridized carbons (Fsp3) is 0.259. The third-order valence-corrected chi connectivity index (χ3v) is 8.20. The summed E-state index contributed by atoms with van der Waals surface area (Å²) in [4.78, 5) is 33.2. The number of carbonyl (C=O) groups is 1.